The van der Waals surface area contributed by atoms with Crippen molar-refractivity contribution in [3.05, 3.63) is 53.6 Å². The van der Waals surface area contributed by atoms with Crippen molar-refractivity contribution in [3.8, 4) is 11.4 Å². The summed E-state index contributed by atoms with van der Waals surface area (Å²) in [4.78, 5) is 16.6. The number of aryl methyl sites for hydroxylation is 1. The fraction of sp³-hybridized carbons (Fsp3) is 0.235. The number of rotatable bonds is 6. The van der Waals surface area contributed by atoms with Crippen molar-refractivity contribution in [1.29, 1.82) is 0 Å². The molecule has 0 aliphatic heterocycles. The van der Waals surface area contributed by atoms with Gasteiger partial charge in [-0.05, 0) is 44.2 Å². The number of aromatic nitrogens is 4. The highest BCUT2D eigenvalue weighted by Gasteiger charge is 2.17. The molecular weight excluding hydrogens is 324 g/mol. The Bertz CT molecular complexity index is 838. The first kappa shape index (κ1) is 16.3. The minimum absolute atomic E-state index is 0.0734. The van der Waals surface area contributed by atoms with Crippen molar-refractivity contribution in [2.75, 3.05) is 12.9 Å². The number of nitrogens with zero attached hydrogens (tertiary/aromatic N) is 3. The van der Waals surface area contributed by atoms with E-state index < -0.39 is 0 Å². The van der Waals surface area contributed by atoms with E-state index in [9.17, 15) is 4.79 Å². The molecule has 3 aromatic rings. The molecule has 2 heterocycles. The van der Waals surface area contributed by atoms with Gasteiger partial charge in [-0.1, -0.05) is 11.8 Å². The van der Waals surface area contributed by atoms with Crippen LogP contribution in [0.4, 0.5) is 0 Å². The number of hydrogen-bond donors (Lipinski definition) is 1. The highest BCUT2D eigenvalue weighted by molar-refractivity contribution is 7.99. The number of hydrogen-bond acceptors (Lipinski definition) is 5. The van der Waals surface area contributed by atoms with E-state index in [2.05, 4.69) is 19.7 Å². The molecule has 0 atom stereocenters. The van der Waals surface area contributed by atoms with Crippen LogP contribution in [0, 0.1) is 13.8 Å². The molecule has 0 aliphatic carbocycles. The van der Waals surface area contributed by atoms with Crippen molar-refractivity contribution in [1.82, 2.24) is 19.7 Å². The Kier molecular flexibility index (Phi) is 4.71. The van der Waals surface area contributed by atoms with Crippen molar-refractivity contribution in [3.63, 3.8) is 0 Å². The lowest BCUT2D eigenvalue weighted by Gasteiger charge is -2.10. The second-order valence-corrected chi connectivity index (χ2v) is 6.28. The number of aromatic amines is 1. The predicted octanol–water partition coefficient (Wildman–Crippen LogP) is 3.20. The Morgan fingerprint density at radius 3 is 2.67 bits per heavy atom. The van der Waals surface area contributed by atoms with Gasteiger partial charge in [-0.25, -0.2) is 4.98 Å². The topological polar surface area (TPSA) is 72.8 Å². The van der Waals surface area contributed by atoms with E-state index in [1.54, 1.807) is 7.11 Å². The van der Waals surface area contributed by atoms with Gasteiger partial charge in [0.05, 0.1) is 12.9 Å². The van der Waals surface area contributed by atoms with E-state index in [4.69, 9.17) is 4.74 Å². The number of methoxy groups -OCH3 is 1. The zero-order chi connectivity index (χ0) is 17.1. The van der Waals surface area contributed by atoms with Gasteiger partial charge in [-0.2, -0.15) is 5.10 Å². The van der Waals surface area contributed by atoms with Gasteiger partial charge in [0.15, 0.2) is 10.9 Å². The molecule has 0 radical (unpaired) electrons. The number of carbonyl (C=O) groups excluding carboxylic acids is 1. The number of Topliss-reactive ketones (excluding diaryl/α,β-unsaturated/α-hetero) is 1. The van der Waals surface area contributed by atoms with Gasteiger partial charge in [0, 0.05) is 22.6 Å². The zero-order valence-electron chi connectivity index (χ0n) is 13.7. The molecule has 6 nitrogen and oxygen atoms in total. The van der Waals surface area contributed by atoms with Crippen LogP contribution in [0.5, 0.6) is 5.75 Å². The average Bonchev–Trinajstić information content (AvgIpc) is 3.21. The van der Waals surface area contributed by atoms with Crippen LogP contribution in [0.3, 0.4) is 0 Å². The minimum Gasteiger partial charge on any atom is -0.497 e. The average molecular weight is 342 g/mol. The van der Waals surface area contributed by atoms with Gasteiger partial charge in [0.2, 0.25) is 0 Å². The number of ketones is 1. The summed E-state index contributed by atoms with van der Waals surface area (Å²) in [5, 5.41) is 7.17. The van der Waals surface area contributed by atoms with Gasteiger partial charge in [-0.3, -0.25) is 9.89 Å². The van der Waals surface area contributed by atoms with E-state index in [1.807, 2.05) is 44.2 Å². The summed E-state index contributed by atoms with van der Waals surface area (Å²) >= 11 is 1.35. The van der Waals surface area contributed by atoms with E-state index in [1.165, 1.54) is 18.1 Å². The van der Waals surface area contributed by atoms with Crippen molar-refractivity contribution in [2.45, 2.75) is 19.0 Å². The van der Waals surface area contributed by atoms with Gasteiger partial charge in [-0.15, -0.1) is 0 Å². The van der Waals surface area contributed by atoms with Crippen LogP contribution in [-0.4, -0.2) is 38.4 Å². The third-order valence-electron chi connectivity index (χ3n) is 3.80. The van der Waals surface area contributed by atoms with Crippen LogP contribution in [0.2, 0.25) is 0 Å². The molecule has 0 amide bonds. The first-order chi connectivity index (χ1) is 11.6. The Morgan fingerprint density at radius 2 is 2.04 bits per heavy atom. The number of thioether (sulfide) groups is 1. The van der Waals surface area contributed by atoms with Crippen LogP contribution in [-0.2, 0) is 0 Å². The van der Waals surface area contributed by atoms with Gasteiger partial charge in [0.25, 0.3) is 0 Å². The SMILES string of the molecule is COc1ccc(-n2c(C)cc(C(=O)CSc3ncn[nH]3)c2C)cc1. The number of H-pyrrole nitrogens is 1. The molecule has 1 aromatic carbocycles. The minimum atomic E-state index is 0.0734. The van der Waals surface area contributed by atoms with Crippen molar-refractivity contribution < 1.29 is 9.53 Å². The largest absolute Gasteiger partial charge is 0.497 e. The molecule has 0 unspecified atom stereocenters. The highest BCUT2D eigenvalue weighted by Crippen LogP contribution is 2.24. The Hall–Kier alpha value is -2.54. The maximum absolute atomic E-state index is 12.5. The first-order valence-electron chi connectivity index (χ1n) is 7.45. The lowest BCUT2D eigenvalue weighted by atomic mass is 10.2. The molecular formula is C17H18N4O2S. The molecule has 0 spiro atoms. The second kappa shape index (κ2) is 6.92. The second-order valence-electron chi connectivity index (χ2n) is 5.32. The van der Waals surface area contributed by atoms with Gasteiger partial charge < -0.3 is 9.30 Å². The van der Waals surface area contributed by atoms with Crippen LogP contribution in [0.15, 0.2) is 41.8 Å². The summed E-state index contributed by atoms with van der Waals surface area (Å²) in [5.41, 5.74) is 3.69. The molecule has 0 aliphatic rings. The number of nitrogens with one attached hydrogen (secondary N) is 1. The van der Waals surface area contributed by atoms with Crippen LogP contribution in [0.1, 0.15) is 21.7 Å². The summed E-state index contributed by atoms with van der Waals surface area (Å²) in [7, 11) is 1.64. The standard InChI is InChI=1S/C17H18N4O2S/c1-11-8-15(16(22)9-24-17-18-10-19-20-17)12(2)21(11)13-4-6-14(23-3)7-5-13/h4-8,10H,9H2,1-3H3,(H,18,19,20). The van der Waals surface area contributed by atoms with Crippen LogP contribution >= 0.6 is 11.8 Å². The molecule has 0 bridgehead atoms. The number of benzene rings is 1. The Morgan fingerprint density at radius 1 is 1.29 bits per heavy atom. The smallest absolute Gasteiger partial charge is 0.183 e. The summed E-state index contributed by atoms with van der Waals surface area (Å²) in [5.74, 6) is 1.20. The molecule has 0 saturated heterocycles. The lowest BCUT2D eigenvalue weighted by molar-refractivity contribution is 0.102. The summed E-state index contributed by atoms with van der Waals surface area (Å²) < 4.78 is 7.27. The predicted molar refractivity (Wildman–Crippen MR) is 93.2 cm³/mol. The quantitative estimate of drug-likeness (QED) is 0.550. The van der Waals surface area contributed by atoms with E-state index in [-0.39, 0.29) is 5.78 Å². The fourth-order valence-electron chi connectivity index (χ4n) is 2.65. The van der Waals surface area contributed by atoms with E-state index >= 15 is 0 Å². The zero-order valence-corrected chi connectivity index (χ0v) is 14.6. The van der Waals surface area contributed by atoms with Crippen LogP contribution in [0.25, 0.3) is 5.69 Å². The summed E-state index contributed by atoms with van der Waals surface area (Å²) in [6.07, 6.45) is 1.43. The maximum atomic E-state index is 12.5. The van der Waals surface area contributed by atoms with Crippen molar-refractivity contribution in [2.24, 2.45) is 0 Å². The van der Waals surface area contributed by atoms with Gasteiger partial charge >= 0.3 is 0 Å². The third-order valence-corrected chi connectivity index (χ3v) is 4.67. The number of ether oxygens (including phenoxy) is 1. The molecule has 0 fully saturated rings. The molecule has 2 aromatic heterocycles. The van der Waals surface area contributed by atoms with E-state index in [0.717, 1.165) is 28.4 Å². The number of carbonyl (C=O) groups is 1. The fourth-order valence-corrected chi connectivity index (χ4v) is 3.31. The first-order valence-corrected chi connectivity index (χ1v) is 8.43. The normalized spacial score (nSPS) is 10.8. The maximum Gasteiger partial charge on any atom is 0.183 e. The Labute approximate surface area is 144 Å². The molecule has 0 saturated carbocycles. The Balaban J connectivity index is 1.83. The summed E-state index contributed by atoms with van der Waals surface area (Å²) in [6, 6.07) is 9.72. The molecule has 24 heavy (non-hydrogen) atoms. The van der Waals surface area contributed by atoms with Crippen LogP contribution < -0.4 is 4.74 Å². The molecule has 3 rings (SSSR count). The van der Waals surface area contributed by atoms with Crippen molar-refractivity contribution >= 4 is 17.5 Å². The van der Waals surface area contributed by atoms with E-state index in [0.29, 0.717) is 10.9 Å². The highest BCUT2D eigenvalue weighted by atomic mass is 32.2. The monoisotopic (exact) mass is 342 g/mol. The lowest BCUT2D eigenvalue weighted by Crippen LogP contribution is -2.05. The summed E-state index contributed by atoms with van der Waals surface area (Å²) in [6.45, 7) is 3.96. The van der Waals surface area contributed by atoms with Gasteiger partial charge in [0.1, 0.15) is 12.1 Å². The molecule has 7 heteroatoms. The third kappa shape index (κ3) is 3.21. The molecule has 124 valence electrons. The molecule has 1 N–H and O–H groups in total.